The van der Waals surface area contributed by atoms with Crippen molar-refractivity contribution in [3.05, 3.63) is 24.3 Å². The second kappa shape index (κ2) is 5.73. The van der Waals surface area contributed by atoms with Crippen LogP contribution in [0.4, 0.5) is 5.69 Å². The summed E-state index contributed by atoms with van der Waals surface area (Å²) in [5, 5.41) is 2.60. The number of anilines is 1. The van der Waals surface area contributed by atoms with Gasteiger partial charge in [-0.15, -0.1) is 23.2 Å². The first kappa shape index (κ1) is 15.9. The van der Waals surface area contributed by atoms with Crippen molar-refractivity contribution >= 4 is 40.8 Å². The van der Waals surface area contributed by atoms with Gasteiger partial charge < -0.3 is 14.8 Å². The molecule has 2 rings (SSSR count). The van der Waals surface area contributed by atoms with E-state index in [1.807, 2.05) is 0 Å². The van der Waals surface area contributed by atoms with E-state index in [1.54, 1.807) is 31.2 Å². The van der Waals surface area contributed by atoms with Gasteiger partial charge in [0, 0.05) is 18.2 Å². The standard InChI is InChI=1S/C14H15Cl2NO4/c1-13(8-14(13,15)16)12(19)21-7-11(18)17-9-4-3-5-10(6-9)20-2/h3-6H,7-8H2,1-2H3,(H,17,18)/t13-/m0/s1. The smallest absolute Gasteiger partial charge is 0.315 e. The van der Waals surface area contributed by atoms with E-state index in [9.17, 15) is 9.59 Å². The van der Waals surface area contributed by atoms with Gasteiger partial charge >= 0.3 is 5.97 Å². The Balaban J connectivity index is 1.84. The molecular formula is C14H15Cl2NO4. The van der Waals surface area contributed by atoms with E-state index in [0.717, 1.165) is 0 Å². The van der Waals surface area contributed by atoms with E-state index in [1.165, 1.54) is 7.11 Å². The predicted molar refractivity (Wildman–Crippen MR) is 79.7 cm³/mol. The molecule has 1 atom stereocenters. The van der Waals surface area contributed by atoms with Crippen molar-refractivity contribution in [2.75, 3.05) is 19.0 Å². The molecule has 0 aromatic heterocycles. The van der Waals surface area contributed by atoms with Crippen LogP contribution in [0.5, 0.6) is 5.75 Å². The van der Waals surface area contributed by atoms with E-state index < -0.39 is 28.2 Å². The number of methoxy groups -OCH3 is 1. The Morgan fingerprint density at radius 3 is 2.62 bits per heavy atom. The highest BCUT2D eigenvalue weighted by Crippen LogP contribution is 2.64. The number of nitrogens with one attached hydrogen (secondary N) is 1. The van der Waals surface area contributed by atoms with Crippen LogP contribution in [0.1, 0.15) is 13.3 Å². The highest BCUT2D eigenvalue weighted by molar-refractivity contribution is 6.53. The molecule has 1 aromatic carbocycles. The molecule has 5 nitrogen and oxygen atoms in total. The second-order valence-corrected chi connectivity index (χ2v) is 6.55. The van der Waals surface area contributed by atoms with E-state index >= 15 is 0 Å². The maximum absolute atomic E-state index is 11.8. The normalized spacial score (nSPS) is 22.3. The maximum atomic E-state index is 11.8. The van der Waals surface area contributed by atoms with Gasteiger partial charge in [0.05, 0.1) is 7.11 Å². The summed E-state index contributed by atoms with van der Waals surface area (Å²) in [6.07, 6.45) is 0.319. The number of benzene rings is 1. The summed E-state index contributed by atoms with van der Waals surface area (Å²) in [7, 11) is 1.53. The van der Waals surface area contributed by atoms with Crippen molar-refractivity contribution < 1.29 is 19.1 Å². The lowest BCUT2D eigenvalue weighted by atomic mass is 10.1. The molecule has 1 fully saturated rings. The molecule has 0 heterocycles. The van der Waals surface area contributed by atoms with Gasteiger partial charge in [-0.2, -0.15) is 0 Å². The first-order chi connectivity index (χ1) is 9.78. The molecule has 21 heavy (non-hydrogen) atoms. The van der Waals surface area contributed by atoms with E-state index in [0.29, 0.717) is 17.9 Å². The largest absolute Gasteiger partial charge is 0.497 e. The minimum absolute atomic E-state index is 0.319. The molecule has 0 saturated heterocycles. The molecule has 1 aliphatic rings. The summed E-state index contributed by atoms with van der Waals surface area (Å²) in [4.78, 5) is 23.5. The van der Waals surface area contributed by atoms with Crippen LogP contribution in [-0.4, -0.2) is 29.9 Å². The van der Waals surface area contributed by atoms with Crippen molar-refractivity contribution in [2.45, 2.75) is 17.7 Å². The van der Waals surface area contributed by atoms with Crippen molar-refractivity contribution in [2.24, 2.45) is 5.41 Å². The third kappa shape index (κ3) is 3.41. The first-order valence-corrected chi connectivity index (χ1v) is 7.03. The van der Waals surface area contributed by atoms with E-state index in [4.69, 9.17) is 32.7 Å². The van der Waals surface area contributed by atoms with Crippen molar-refractivity contribution in [3.8, 4) is 5.75 Å². The van der Waals surface area contributed by atoms with Gasteiger partial charge in [-0.1, -0.05) is 6.07 Å². The number of carbonyl (C=O) groups is 2. The lowest BCUT2D eigenvalue weighted by Crippen LogP contribution is -2.26. The minimum Gasteiger partial charge on any atom is -0.497 e. The summed E-state index contributed by atoms with van der Waals surface area (Å²) in [5.41, 5.74) is -0.385. The quantitative estimate of drug-likeness (QED) is 0.665. The first-order valence-electron chi connectivity index (χ1n) is 6.27. The van der Waals surface area contributed by atoms with Crippen LogP contribution in [0.15, 0.2) is 24.3 Å². The highest BCUT2D eigenvalue weighted by Gasteiger charge is 2.69. The molecule has 1 saturated carbocycles. The molecule has 1 amide bonds. The average molecular weight is 332 g/mol. The van der Waals surface area contributed by atoms with Crippen LogP contribution in [0, 0.1) is 5.41 Å². The molecule has 0 aliphatic heterocycles. The van der Waals surface area contributed by atoms with Gasteiger partial charge in [0.25, 0.3) is 5.91 Å². The van der Waals surface area contributed by atoms with Gasteiger partial charge in [-0.25, -0.2) is 0 Å². The summed E-state index contributed by atoms with van der Waals surface area (Å²) in [5.74, 6) is -0.409. The fourth-order valence-electron chi connectivity index (χ4n) is 1.81. The number of alkyl halides is 2. The topological polar surface area (TPSA) is 64.6 Å². The zero-order valence-corrected chi connectivity index (χ0v) is 13.1. The SMILES string of the molecule is COc1cccc(NC(=O)COC(=O)[C@]2(C)CC2(Cl)Cl)c1. The van der Waals surface area contributed by atoms with Crippen molar-refractivity contribution in [1.29, 1.82) is 0 Å². The number of halogens is 2. The number of hydrogen-bond acceptors (Lipinski definition) is 4. The van der Waals surface area contributed by atoms with Crippen LogP contribution in [0.2, 0.25) is 0 Å². The Hall–Kier alpha value is -1.46. The number of rotatable bonds is 5. The van der Waals surface area contributed by atoms with Crippen molar-refractivity contribution in [1.82, 2.24) is 0 Å². The zero-order chi connectivity index (χ0) is 15.7. The number of ether oxygens (including phenoxy) is 2. The fraction of sp³-hybridized carbons (Fsp3) is 0.429. The van der Waals surface area contributed by atoms with Crippen LogP contribution in [0.3, 0.4) is 0 Å². The van der Waals surface area contributed by atoms with Crippen LogP contribution in [0.25, 0.3) is 0 Å². The Morgan fingerprint density at radius 2 is 2.05 bits per heavy atom. The zero-order valence-electron chi connectivity index (χ0n) is 11.6. The average Bonchev–Trinajstić information content (AvgIpc) is 2.96. The molecule has 1 N–H and O–H groups in total. The van der Waals surface area contributed by atoms with Crippen molar-refractivity contribution in [3.63, 3.8) is 0 Å². The number of esters is 1. The molecule has 114 valence electrons. The molecular weight excluding hydrogens is 317 g/mol. The van der Waals surface area contributed by atoms with Gasteiger partial charge in [0.15, 0.2) is 6.61 Å². The Kier molecular flexibility index (Phi) is 4.35. The maximum Gasteiger partial charge on any atom is 0.315 e. The number of hydrogen-bond donors (Lipinski definition) is 1. The van der Waals surface area contributed by atoms with Crippen LogP contribution < -0.4 is 10.1 Å². The molecule has 1 aromatic rings. The monoisotopic (exact) mass is 331 g/mol. The summed E-state index contributed by atoms with van der Waals surface area (Å²) < 4.78 is 8.88. The van der Waals surface area contributed by atoms with Gasteiger partial charge in [-0.05, 0) is 19.1 Å². The summed E-state index contributed by atoms with van der Waals surface area (Å²) in [6, 6.07) is 6.85. The summed E-state index contributed by atoms with van der Waals surface area (Å²) >= 11 is 11.7. The molecule has 1 aliphatic carbocycles. The van der Waals surface area contributed by atoms with Gasteiger partial charge in [0.2, 0.25) is 0 Å². The number of carbonyl (C=O) groups excluding carboxylic acids is 2. The molecule has 0 radical (unpaired) electrons. The molecule has 0 unspecified atom stereocenters. The van der Waals surface area contributed by atoms with Gasteiger partial charge in [-0.3, -0.25) is 9.59 Å². The fourth-order valence-corrected chi connectivity index (χ4v) is 2.50. The van der Waals surface area contributed by atoms with Crippen LogP contribution in [-0.2, 0) is 14.3 Å². The summed E-state index contributed by atoms with van der Waals surface area (Å²) in [6.45, 7) is 1.21. The third-order valence-electron chi connectivity index (χ3n) is 3.40. The molecule has 7 heteroatoms. The lowest BCUT2D eigenvalue weighted by Gasteiger charge is -2.12. The molecule has 0 bridgehead atoms. The number of amides is 1. The van der Waals surface area contributed by atoms with E-state index in [2.05, 4.69) is 5.32 Å². The third-order valence-corrected chi connectivity index (χ3v) is 4.50. The Morgan fingerprint density at radius 1 is 1.38 bits per heavy atom. The molecule has 0 spiro atoms. The minimum atomic E-state index is -1.10. The Bertz CT molecular complexity index is 576. The lowest BCUT2D eigenvalue weighted by molar-refractivity contribution is -0.152. The van der Waals surface area contributed by atoms with Gasteiger partial charge in [0.1, 0.15) is 15.5 Å². The van der Waals surface area contributed by atoms with Crippen LogP contribution >= 0.6 is 23.2 Å². The highest BCUT2D eigenvalue weighted by atomic mass is 35.5. The Labute approximate surface area is 132 Å². The predicted octanol–water partition coefficient (Wildman–Crippen LogP) is 2.76. The second-order valence-electron chi connectivity index (χ2n) is 5.07. The van der Waals surface area contributed by atoms with E-state index in [-0.39, 0.29) is 0 Å².